The first-order valence-electron chi connectivity index (χ1n) is 13.0. The number of benzene rings is 3. The number of esters is 1. The molecular formula is C33H26N4O3. The van der Waals surface area contributed by atoms with Gasteiger partial charge in [0.05, 0.1) is 34.8 Å². The second-order valence-corrected chi connectivity index (χ2v) is 9.24. The Kier molecular flexibility index (Phi) is 7.98. The molecule has 7 heteroatoms. The summed E-state index contributed by atoms with van der Waals surface area (Å²) in [6, 6.07) is 28.4. The zero-order valence-corrected chi connectivity index (χ0v) is 22.0. The van der Waals surface area contributed by atoms with Crippen LogP contribution in [0.4, 0.5) is 0 Å². The average molecular weight is 527 g/mol. The number of fused-ring (bicyclic) bond motifs is 1. The fourth-order valence-electron chi connectivity index (χ4n) is 4.50. The second kappa shape index (κ2) is 12.1. The van der Waals surface area contributed by atoms with Crippen LogP contribution in [0.25, 0.3) is 33.4 Å². The van der Waals surface area contributed by atoms with E-state index in [9.17, 15) is 14.9 Å². The summed E-state index contributed by atoms with van der Waals surface area (Å²) in [6.45, 7) is 2.06. The number of pyridine rings is 1. The molecule has 0 radical (unpaired) electrons. The first-order valence-corrected chi connectivity index (χ1v) is 13.0. The summed E-state index contributed by atoms with van der Waals surface area (Å²) < 4.78 is 5.01. The molecule has 0 bridgehead atoms. The molecule has 196 valence electrons. The van der Waals surface area contributed by atoms with Gasteiger partial charge in [0.2, 0.25) is 0 Å². The van der Waals surface area contributed by atoms with E-state index in [2.05, 4.69) is 11.1 Å². The normalized spacial score (nSPS) is 10.7. The molecule has 0 amide bonds. The standard InChI is InChI=1S/C33H26N4O3/c1-2-40-33(39)24-12-10-22(11-13-24)19-27(38)15-17-29-30(21-34)37-32(31(36-29)23-7-4-3-5-8-23)26-14-16-28-25(20-26)9-6-18-35-28/h3-14,16,18,20H,2,15,17,19H2,1H3. The highest BCUT2D eigenvalue weighted by atomic mass is 16.5. The summed E-state index contributed by atoms with van der Waals surface area (Å²) in [4.78, 5) is 38.8. The number of carbonyl (C=O) groups excluding carboxylic acids is 2. The molecule has 0 N–H and O–H groups in total. The first-order chi connectivity index (χ1) is 19.6. The topological polar surface area (TPSA) is 106 Å². The molecule has 7 nitrogen and oxygen atoms in total. The van der Waals surface area contributed by atoms with Crippen molar-refractivity contribution in [3.63, 3.8) is 0 Å². The molecule has 0 aliphatic carbocycles. The van der Waals surface area contributed by atoms with Crippen molar-refractivity contribution in [1.82, 2.24) is 15.0 Å². The van der Waals surface area contributed by atoms with E-state index in [1.807, 2.05) is 60.7 Å². The van der Waals surface area contributed by atoms with E-state index in [-0.39, 0.29) is 36.7 Å². The molecule has 0 atom stereocenters. The third kappa shape index (κ3) is 5.92. The zero-order valence-electron chi connectivity index (χ0n) is 22.0. The maximum absolute atomic E-state index is 12.8. The highest BCUT2D eigenvalue weighted by molar-refractivity contribution is 5.90. The minimum absolute atomic E-state index is 0.00180. The Labute approximate surface area is 232 Å². The highest BCUT2D eigenvalue weighted by Crippen LogP contribution is 2.32. The van der Waals surface area contributed by atoms with Crippen molar-refractivity contribution in [1.29, 1.82) is 5.26 Å². The second-order valence-electron chi connectivity index (χ2n) is 9.24. The Morgan fingerprint density at radius 3 is 2.40 bits per heavy atom. The Balaban J connectivity index is 1.41. The van der Waals surface area contributed by atoms with E-state index in [4.69, 9.17) is 14.7 Å². The van der Waals surface area contributed by atoms with Gasteiger partial charge in [0.15, 0.2) is 5.69 Å². The van der Waals surface area contributed by atoms with E-state index in [1.54, 1.807) is 37.4 Å². The van der Waals surface area contributed by atoms with Crippen LogP contribution < -0.4 is 0 Å². The molecule has 40 heavy (non-hydrogen) atoms. The first kappa shape index (κ1) is 26.4. The summed E-state index contributed by atoms with van der Waals surface area (Å²) in [7, 11) is 0. The number of nitrogens with zero attached hydrogens (tertiary/aromatic N) is 4. The SMILES string of the molecule is CCOC(=O)c1ccc(CC(=O)CCc2nc(-c3ccccc3)c(-c3ccc4ncccc4c3)nc2C#N)cc1. The lowest BCUT2D eigenvalue weighted by molar-refractivity contribution is -0.118. The van der Waals surface area contributed by atoms with Crippen molar-refractivity contribution in [2.45, 2.75) is 26.2 Å². The van der Waals surface area contributed by atoms with Crippen LogP contribution in [0.15, 0.2) is 91.1 Å². The Morgan fingerprint density at radius 1 is 0.875 bits per heavy atom. The van der Waals surface area contributed by atoms with Crippen molar-refractivity contribution in [2.24, 2.45) is 0 Å². The molecule has 0 aliphatic rings. The number of ketones is 1. The lowest BCUT2D eigenvalue weighted by Crippen LogP contribution is -2.09. The fourth-order valence-corrected chi connectivity index (χ4v) is 4.50. The van der Waals surface area contributed by atoms with Gasteiger partial charge in [-0.05, 0) is 49.2 Å². The number of nitriles is 1. The molecule has 3 aromatic carbocycles. The molecule has 0 fully saturated rings. The lowest BCUT2D eigenvalue weighted by Gasteiger charge is -2.13. The van der Waals surface area contributed by atoms with E-state index in [0.717, 1.165) is 27.6 Å². The number of ether oxygens (including phenoxy) is 1. The maximum atomic E-state index is 12.8. The number of aromatic nitrogens is 3. The minimum atomic E-state index is -0.388. The third-order valence-corrected chi connectivity index (χ3v) is 6.50. The van der Waals surface area contributed by atoms with Gasteiger partial charge in [0.25, 0.3) is 0 Å². The van der Waals surface area contributed by atoms with Gasteiger partial charge in [0.1, 0.15) is 11.9 Å². The number of hydrogen-bond acceptors (Lipinski definition) is 7. The summed E-state index contributed by atoms with van der Waals surface area (Å²) >= 11 is 0. The van der Waals surface area contributed by atoms with Gasteiger partial charge in [-0.2, -0.15) is 5.26 Å². The van der Waals surface area contributed by atoms with Gasteiger partial charge >= 0.3 is 5.97 Å². The highest BCUT2D eigenvalue weighted by Gasteiger charge is 2.18. The van der Waals surface area contributed by atoms with Crippen LogP contribution in [0.5, 0.6) is 0 Å². The van der Waals surface area contributed by atoms with E-state index < -0.39 is 0 Å². The van der Waals surface area contributed by atoms with Crippen LogP contribution in [0.2, 0.25) is 0 Å². The van der Waals surface area contributed by atoms with Gasteiger partial charge in [-0.1, -0.05) is 54.6 Å². The minimum Gasteiger partial charge on any atom is -0.462 e. The number of aryl methyl sites for hydroxylation is 1. The fraction of sp³-hybridized carbons (Fsp3) is 0.152. The molecule has 0 saturated heterocycles. The average Bonchev–Trinajstić information content (AvgIpc) is 3.00. The summed E-state index contributed by atoms with van der Waals surface area (Å²) in [5.41, 5.74) is 5.76. The van der Waals surface area contributed by atoms with E-state index >= 15 is 0 Å². The zero-order chi connectivity index (χ0) is 27.9. The Bertz CT molecular complexity index is 1730. The number of Topliss-reactive ketones (excluding diaryl/α,β-unsaturated/α-hetero) is 1. The smallest absolute Gasteiger partial charge is 0.338 e. The van der Waals surface area contributed by atoms with Crippen LogP contribution in [-0.2, 0) is 22.4 Å². The van der Waals surface area contributed by atoms with Crippen LogP contribution in [0, 0.1) is 11.3 Å². The molecule has 0 unspecified atom stereocenters. The van der Waals surface area contributed by atoms with Crippen molar-refractivity contribution < 1.29 is 14.3 Å². The third-order valence-electron chi connectivity index (χ3n) is 6.50. The van der Waals surface area contributed by atoms with Gasteiger partial charge < -0.3 is 4.74 Å². The molecule has 2 heterocycles. The summed E-state index contributed by atoms with van der Waals surface area (Å²) in [6.07, 6.45) is 2.46. The largest absolute Gasteiger partial charge is 0.462 e. The quantitative estimate of drug-likeness (QED) is 0.212. The van der Waals surface area contributed by atoms with Crippen LogP contribution in [0.3, 0.4) is 0 Å². The molecular weight excluding hydrogens is 500 g/mol. The van der Waals surface area contributed by atoms with Crippen LogP contribution >= 0.6 is 0 Å². The van der Waals surface area contributed by atoms with E-state index in [0.29, 0.717) is 29.3 Å². The summed E-state index contributed by atoms with van der Waals surface area (Å²) in [5, 5.41) is 10.9. The van der Waals surface area contributed by atoms with Gasteiger partial charge in [-0.15, -0.1) is 0 Å². The molecule has 0 saturated carbocycles. The maximum Gasteiger partial charge on any atom is 0.338 e. The van der Waals surface area contributed by atoms with Crippen LogP contribution in [-0.4, -0.2) is 33.3 Å². The van der Waals surface area contributed by atoms with Crippen molar-refractivity contribution in [2.75, 3.05) is 6.61 Å². The van der Waals surface area contributed by atoms with Crippen LogP contribution in [0.1, 0.15) is 40.7 Å². The van der Waals surface area contributed by atoms with Gasteiger partial charge in [-0.25, -0.2) is 14.8 Å². The van der Waals surface area contributed by atoms with Crippen molar-refractivity contribution in [3.8, 4) is 28.6 Å². The molecule has 5 aromatic rings. The molecule has 2 aromatic heterocycles. The van der Waals surface area contributed by atoms with Crippen molar-refractivity contribution in [3.05, 3.63) is 114 Å². The number of carbonyl (C=O) groups is 2. The Hall–Kier alpha value is -5.22. The predicted octanol–water partition coefficient (Wildman–Crippen LogP) is 6.15. The van der Waals surface area contributed by atoms with Crippen molar-refractivity contribution >= 4 is 22.7 Å². The summed E-state index contributed by atoms with van der Waals surface area (Å²) in [5.74, 6) is -0.386. The predicted molar refractivity (Wildman–Crippen MR) is 152 cm³/mol. The molecule has 0 spiro atoms. The van der Waals surface area contributed by atoms with Gasteiger partial charge in [-0.3, -0.25) is 9.78 Å². The monoisotopic (exact) mass is 526 g/mol. The van der Waals surface area contributed by atoms with E-state index in [1.165, 1.54) is 0 Å². The van der Waals surface area contributed by atoms with Gasteiger partial charge in [0, 0.05) is 35.6 Å². The molecule has 0 aliphatic heterocycles. The Morgan fingerprint density at radius 2 is 1.65 bits per heavy atom. The lowest BCUT2D eigenvalue weighted by atomic mass is 10.00. The number of rotatable bonds is 9. The number of hydrogen-bond donors (Lipinski definition) is 0. The molecule has 5 rings (SSSR count).